The Morgan fingerprint density at radius 3 is 2.53 bits per heavy atom. The monoisotopic (exact) mass is 533 g/mol. The molecule has 30 heavy (non-hydrogen) atoms. The minimum absolute atomic E-state index is 0. The van der Waals surface area contributed by atoms with Gasteiger partial charge in [0.2, 0.25) is 11.8 Å². The molecule has 2 rings (SSSR count). The maximum atomic E-state index is 13.1. The Labute approximate surface area is 195 Å². The number of aliphatic imine (C=N–C) groups is 1. The first-order valence-corrected chi connectivity index (χ1v) is 10.2. The molecular formula is C21H33FIN5O2. The number of guanidine groups is 1. The zero-order valence-electron chi connectivity index (χ0n) is 17.9. The first kappa shape index (κ1) is 26.1. The normalized spacial score (nSPS) is 17.4. The van der Waals surface area contributed by atoms with Crippen LogP contribution >= 0.6 is 24.0 Å². The lowest BCUT2D eigenvalue weighted by Crippen LogP contribution is -2.45. The van der Waals surface area contributed by atoms with E-state index in [2.05, 4.69) is 15.6 Å². The van der Waals surface area contributed by atoms with Crippen molar-refractivity contribution in [1.29, 1.82) is 0 Å². The van der Waals surface area contributed by atoms with Crippen LogP contribution in [0.1, 0.15) is 32.8 Å². The highest BCUT2D eigenvalue weighted by molar-refractivity contribution is 14.0. The first-order valence-electron chi connectivity index (χ1n) is 10.2. The highest BCUT2D eigenvalue weighted by atomic mass is 127. The van der Waals surface area contributed by atoms with Crippen LogP contribution in [0.5, 0.6) is 0 Å². The minimum Gasteiger partial charge on any atom is -0.369 e. The van der Waals surface area contributed by atoms with E-state index in [0.29, 0.717) is 25.5 Å². The number of halogens is 2. The maximum absolute atomic E-state index is 13.1. The Bertz CT molecular complexity index is 727. The number of benzene rings is 1. The lowest BCUT2D eigenvalue weighted by atomic mass is 9.99. The molecule has 1 aromatic rings. The number of likely N-dealkylation sites (tertiary alicyclic amines) is 1. The lowest BCUT2D eigenvalue weighted by molar-refractivity contribution is -0.133. The van der Waals surface area contributed by atoms with Gasteiger partial charge in [0.1, 0.15) is 5.82 Å². The fourth-order valence-electron chi connectivity index (χ4n) is 3.32. The summed E-state index contributed by atoms with van der Waals surface area (Å²) in [5, 5.41) is 6.53. The highest BCUT2D eigenvalue weighted by Gasteiger charge is 2.28. The Morgan fingerprint density at radius 1 is 1.30 bits per heavy atom. The predicted octanol–water partition coefficient (Wildman–Crippen LogP) is 1.90. The summed E-state index contributed by atoms with van der Waals surface area (Å²) in [5.74, 6) is -0.505. The Balaban J connectivity index is 0.00000450. The van der Waals surface area contributed by atoms with Crippen LogP contribution in [-0.4, -0.2) is 54.9 Å². The molecule has 0 aromatic heterocycles. The van der Waals surface area contributed by atoms with Crippen molar-refractivity contribution in [1.82, 2.24) is 15.5 Å². The van der Waals surface area contributed by atoms with Gasteiger partial charge < -0.3 is 21.3 Å². The summed E-state index contributed by atoms with van der Waals surface area (Å²) in [4.78, 5) is 30.4. The van der Waals surface area contributed by atoms with Gasteiger partial charge in [-0.05, 0) is 37.5 Å². The van der Waals surface area contributed by atoms with Crippen LogP contribution in [0.2, 0.25) is 0 Å². The standard InChI is InChI=1S/C21H32FN5O2.HI/c1-4-24-21(26-18-9-10-27(13-18)20(29)14(2)3)25-12-16(19(23)28)11-15-5-7-17(22)8-6-15;/h5-8,14,16,18H,4,9-13H2,1-3H3,(H2,23,28)(H2,24,25,26);1H. The molecule has 1 aliphatic rings. The average molecular weight is 533 g/mol. The number of hydrogen-bond donors (Lipinski definition) is 3. The van der Waals surface area contributed by atoms with Crippen LogP contribution in [0.25, 0.3) is 0 Å². The van der Waals surface area contributed by atoms with E-state index < -0.39 is 11.8 Å². The summed E-state index contributed by atoms with van der Waals surface area (Å²) in [6.07, 6.45) is 1.25. The van der Waals surface area contributed by atoms with Gasteiger partial charge in [0.25, 0.3) is 0 Å². The molecule has 2 unspecified atom stereocenters. The van der Waals surface area contributed by atoms with Gasteiger partial charge in [-0.2, -0.15) is 0 Å². The van der Waals surface area contributed by atoms with E-state index in [-0.39, 0.29) is 54.2 Å². The van der Waals surface area contributed by atoms with E-state index in [9.17, 15) is 14.0 Å². The second kappa shape index (κ2) is 12.7. The summed E-state index contributed by atoms with van der Waals surface area (Å²) in [6.45, 7) is 8.03. The molecule has 0 aliphatic carbocycles. The van der Waals surface area contributed by atoms with Crippen molar-refractivity contribution in [2.45, 2.75) is 39.7 Å². The number of amides is 2. The van der Waals surface area contributed by atoms with E-state index in [1.807, 2.05) is 25.7 Å². The third kappa shape index (κ3) is 8.08. The molecule has 168 valence electrons. The average Bonchev–Trinajstić information content (AvgIpc) is 3.14. The lowest BCUT2D eigenvalue weighted by Gasteiger charge is -2.20. The molecule has 1 aromatic carbocycles. The van der Waals surface area contributed by atoms with E-state index in [4.69, 9.17) is 5.73 Å². The van der Waals surface area contributed by atoms with Gasteiger partial charge in [0.05, 0.1) is 12.5 Å². The van der Waals surface area contributed by atoms with Gasteiger partial charge >= 0.3 is 0 Å². The summed E-state index contributed by atoms with van der Waals surface area (Å²) < 4.78 is 13.1. The molecule has 0 spiro atoms. The van der Waals surface area contributed by atoms with E-state index in [1.54, 1.807) is 12.1 Å². The Morgan fingerprint density at radius 2 is 1.97 bits per heavy atom. The van der Waals surface area contributed by atoms with Crippen LogP contribution in [-0.2, 0) is 16.0 Å². The number of rotatable bonds is 8. The molecule has 4 N–H and O–H groups in total. The molecule has 0 bridgehead atoms. The van der Waals surface area contributed by atoms with Crippen molar-refractivity contribution in [3.63, 3.8) is 0 Å². The van der Waals surface area contributed by atoms with E-state index in [1.165, 1.54) is 12.1 Å². The molecule has 0 radical (unpaired) electrons. The zero-order chi connectivity index (χ0) is 21.4. The highest BCUT2D eigenvalue weighted by Crippen LogP contribution is 2.13. The van der Waals surface area contributed by atoms with Gasteiger partial charge in [0.15, 0.2) is 5.96 Å². The molecule has 1 heterocycles. The predicted molar refractivity (Wildman–Crippen MR) is 127 cm³/mol. The number of nitrogens with zero attached hydrogens (tertiary/aromatic N) is 2. The number of hydrogen-bond acceptors (Lipinski definition) is 3. The van der Waals surface area contributed by atoms with Crippen molar-refractivity contribution < 1.29 is 14.0 Å². The second-order valence-corrected chi connectivity index (χ2v) is 7.72. The molecule has 1 aliphatic heterocycles. The van der Waals surface area contributed by atoms with Gasteiger partial charge in [-0.15, -0.1) is 24.0 Å². The van der Waals surface area contributed by atoms with E-state index in [0.717, 1.165) is 18.5 Å². The fourth-order valence-corrected chi connectivity index (χ4v) is 3.32. The van der Waals surface area contributed by atoms with Crippen LogP contribution in [0.3, 0.4) is 0 Å². The molecule has 1 fully saturated rings. The SMILES string of the molecule is CCNC(=NCC(Cc1ccc(F)cc1)C(N)=O)NC1CCN(C(=O)C(C)C)C1.I. The topological polar surface area (TPSA) is 99.8 Å². The number of carbonyl (C=O) groups is 2. The molecule has 2 amide bonds. The number of primary amides is 1. The molecule has 1 saturated heterocycles. The van der Waals surface area contributed by atoms with E-state index >= 15 is 0 Å². The maximum Gasteiger partial charge on any atom is 0.225 e. The summed E-state index contributed by atoms with van der Waals surface area (Å²) in [6, 6.07) is 6.15. The third-order valence-corrected chi connectivity index (χ3v) is 4.95. The fraction of sp³-hybridized carbons (Fsp3) is 0.571. The number of nitrogens with two attached hydrogens (primary N) is 1. The van der Waals surface area contributed by atoms with Crippen molar-refractivity contribution in [3.05, 3.63) is 35.6 Å². The molecule has 9 heteroatoms. The van der Waals surface area contributed by atoms with Crippen molar-refractivity contribution >= 4 is 41.8 Å². The summed E-state index contributed by atoms with van der Waals surface area (Å²) >= 11 is 0. The van der Waals surface area contributed by atoms with Crippen LogP contribution in [0, 0.1) is 17.7 Å². The van der Waals surface area contributed by atoms with Crippen molar-refractivity contribution in [2.75, 3.05) is 26.2 Å². The van der Waals surface area contributed by atoms with Gasteiger partial charge in [-0.3, -0.25) is 14.6 Å². The smallest absolute Gasteiger partial charge is 0.225 e. The second-order valence-electron chi connectivity index (χ2n) is 7.72. The number of nitrogens with one attached hydrogen (secondary N) is 2. The van der Waals surface area contributed by atoms with Crippen LogP contribution in [0.4, 0.5) is 4.39 Å². The molecule has 7 nitrogen and oxygen atoms in total. The Hall–Kier alpha value is -1.91. The van der Waals surface area contributed by atoms with Gasteiger partial charge in [0, 0.05) is 31.6 Å². The summed E-state index contributed by atoms with van der Waals surface area (Å²) in [5.41, 5.74) is 6.39. The van der Waals surface area contributed by atoms with Crippen LogP contribution in [0.15, 0.2) is 29.3 Å². The molecule has 0 saturated carbocycles. The van der Waals surface area contributed by atoms with Crippen LogP contribution < -0.4 is 16.4 Å². The Kier molecular flexibility index (Phi) is 11.1. The number of carbonyl (C=O) groups excluding carboxylic acids is 2. The van der Waals surface area contributed by atoms with Crippen molar-refractivity contribution in [3.8, 4) is 0 Å². The van der Waals surface area contributed by atoms with Gasteiger partial charge in [-0.25, -0.2) is 4.39 Å². The summed E-state index contributed by atoms with van der Waals surface area (Å²) in [7, 11) is 0. The molecule has 2 atom stereocenters. The van der Waals surface area contributed by atoms with Gasteiger partial charge in [-0.1, -0.05) is 26.0 Å². The van der Waals surface area contributed by atoms with Crippen molar-refractivity contribution in [2.24, 2.45) is 22.6 Å². The third-order valence-electron chi connectivity index (χ3n) is 4.95. The quantitative estimate of drug-likeness (QED) is 0.270. The zero-order valence-corrected chi connectivity index (χ0v) is 20.2. The largest absolute Gasteiger partial charge is 0.369 e. The minimum atomic E-state index is -0.487. The first-order chi connectivity index (χ1) is 13.8. The molecular weight excluding hydrogens is 500 g/mol.